The van der Waals surface area contributed by atoms with Crippen LogP contribution in [0.25, 0.3) is 11.1 Å². The summed E-state index contributed by atoms with van der Waals surface area (Å²) in [7, 11) is 0. The Balaban J connectivity index is 2.07. The normalized spacial score (nSPS) is 19.4. The van der Waals surface area contributed by atoms with E-state index in [-0.39, 0.29) is 17.8 Å². The molecule has 0 heterocycles. The molecule has 3 rings (SSSR count). The van der Waals surface area contributed by atoms with E-state index in [9.17, 15) is 13.9 Å². The summed E-state index contributed by atoms with van der Waals surface area (Å²) in [5, 5.41) is 9.54. The summed E-state index contributed by atoms with van der Waals surface area (Å²) in [5.41, 5.74) is 4.13. The lowest BCUT2D eigenvalue weighted by atomic mass is 9.75. The molecule has 0 bridgehead atoms. The van der Waals surface area contributed by atoms with Gasteiger partial charge in [0.1, 0.15) is 5.75 Å². The van der Waals surface area contributed by atoms with Gasteiger partial charge in [0, 0.05) is 0 Å². The van der Waals surface area contributed by atoms with Crippen LogP contribution in [-0.4, -0.2) is 11.7 Å². The van der Waals surface area contributed by atoms with Gasteiger partial charge in [0.25, 0.3) is 0 Å². The topological polar surface area (TPSA) is 29.5 Å². The lowest BCUT2D eigenvalue weighted by Crippen LogP contribution is -2.16. The predicted octanol–water partition coefficient (Wildman–Crippen LogP) is 5.74. The van der Waals surface area contributed by atoms with Gasteiger partial charge in [0.05, 0.1) is 6.61 Å². The molecule has 134 valence electrons. The van der Waals surface area contributed by atoms with Gasteiger partial charge in [-0.2, -0.15) is 8.78 Å². The van der Waals surface area contributed by atoms with Crippen molar-refractivity contribution in [1.29, 1.82) is 0 Å². The highest BCUT2D eigenvalue weighted by atomic mass is 19.3. The summed E-state index contributed by atoms with van der Waals surface area (Å²) >= 11 is 0. The lowest BCUT2D eigenvalue weighted by molar-refractivity contribution is -0.0498. The van der Waals surface area contributed by atoms with Gasteiger partial charge < -0.3 is 9.84 Å². The van der Waals surface area contributed by atoms with E-state index in [1.165, 1.54) is 18.1 Å². The van der Waals surface area contributed by atoms with Crippen LogP contribution < -0.4 is 4.74 Å². The molecule has 0 aromatic heterocycles. The number of halogens is 2. The first-order chi connectivity index (χ1) is 11.9. The average molecular weight is 346 g/mol. The molecule has 1 aliphatic carbocycles. The standard InChI is InChI=1S/C21H24F2O2/c1-21(2)10-4-7-19(21)18-11-14(13-24)8-9-17(18)15-5-3-6-16(12-15)25-20(22)23/h3,5-6,8-9,11-12,19-20,24H,4,7,10,13H2,1-2H3. The van der Waals surface area contributed by atoms with Crippen molar-refractivity contribution in [3.05, 3.63) is 53.6 Å². The molecule has 4 heteroatoms. The largest absolute Gasteiger partial charge is 0.435 e. The third-order valence-electron chi connectivity index (χ3n) is 5.30. The zero-order valence-corrected chi connectivity index (χ0v) is 14.6. The van der Waals surface area contributed by atoms with Crippen molar-refractivity contribution in [3.8, 4) is 16.9 Å². The molecule has 1 unspecified atom stereocenters. The van der Waals surface area contributed by atoms with Crippen LogP contribution >= 0.6 is 0 Å². The maximum atomic E-state index is 12.5. The molecule has 1 fully saturated rings. The molecule has 2 nitrogen and oxygen atoms in total. The van der Waals surface area contributed by atoms with E-state index in [4.69, 9.17) is 0 Å². The fraction of sp³-hybridized carbons (Fsp3) is 0.429. The summed E-state index contributed by atoms with van der Waals surface area (Å²) in [4.78, 5) is 0. The van der Waals surface area contributed by atoms with Crippen molar-refractivity contribution in [1.82, 2.24) is 0 Å². The minimum atomic E-state index is -2.83. The van der Waals surface area contributed by atoms with Crippen LogP contribution in [0.15, 0.2) is 42.5 Å². The number of ether oxygens (including phenoxy) is 1. The number of aliphatic hydroxyl groups is 1. The third-order valence-corrected chi connectivity index (χ3v) is 5.30. The van der Waals surface area contributed by atoms with Gasteiger partial charge in [-0.1, -0.05) is 50.6 Å². The van der Waals surface area contributed by atoms with Gasteiger partial charge in [-0.25, -0.2) is 0 Å². The zero-order valence-electron chi connectivity index (χ0n) is 14.6. The number of aliphatic hydroxyl groups excluding tert-OH is 1. The highest BCUT2D eigenvalue weighted by molar-refractivity contribution is 5.70. The van der Waals surface area contributed by atoms with Crippen molar-refractivity contribution >= 4 is 0 Å². The van der Waals surface area contributed by atoms with Gasteiger partial charge in [-0.15, -0.1) is 0 Å². The molecule has 2 aromatic rings. The molecule has 2 aromatic carbocycles. The Morgan fingerprint density at radius 3 is 2.64 bits per heavy atom. The maximum Gasteiger partial charge on any atom is 0.387 e. The summed E-state index contributed by atoms with van der Waals surface area (Å²) in [6.45, 7) is 1.71. The van der Waals surface area contributed by atoms with Gasteiger partial charge in [-0.05, 0) is 58.6 Å². The third kappa shape index (κ3) is 3.84. The highest BCUT2D eigenvalue weighted by Gasteiger charge is 2.36. The summed E-state index contributed by atoms with van der Waals surface area (Å²) in [6, 6.07) is 12.8. The van der Waals surface area contributed by atoms with Gasteiger partial charge in [0.15, 0.2) is 0 Å². The van der Waals surface area contributed by atoms with E-state index in [0.29, 0.717) is 5.92 Å². The van der Waals surface area contributed by atoms with Crippen molar-refractivity contribution in [2.75, 3.05) is 0 Å². The second kappa shape index (κ2) is 7.12. The SMILES string of the molecule is CC1(C)CCCC1c1cc(CO)ccc1-c1cccc(OC(F)F)c1. The smallest absolute Gasteiger partial charge is 0.387 e. The molecule has 0 spiro atoms. The fourth-order valence-corrected chi connectivity index (χ4v) is 4.00. The molecule has 0 aliphatic heterocycles. The summed E-state index contributed by atoms with van der Waals surface area (Å²) in [6.07, 6.45) is 3.44. The van der Waals surface area contributed by atoms with E-state index in [1.807, 2.05) is 18.2 Å². The quantitative estimate of drug-likeness (QED) is 0.748. The lowest BCUT2D eigenvalue weighted by Gasteiger charge is -2.29. The first-order valence-electron chi connectivity index (χ1n) is 8.69. The van der Waals surface area contributed by atoms with E-state index in [0.717, 1.165) is 29.5 Å². The molecule has 1 saturated carbocycles. The molecular formula is C21H24F2O2. The summed E-state index contributed by atoms with van der Waals surface area (Å²) < 4.78 is 29.6. The van der Waals surface area contributed by atoms with E-state index in [2.05, 4.69) is 24.7 Å². The predicted molar refractivity (Wildman–Crippen MR) is 94.8 cm³/mol. The van der Waals surface area contributed by atoms with E-state index < -0.39 is 6.61 Å². The Bertz CT molecular complexity index is 740. The minimum absolute atomic E-state index is 0.00500. The average Bonchev–Trinajstić information content (AvgIpc) is 2.93. The van der Waals surface area contributed by atoms with Crippen LogP contribution in [0, 0.1) is 5.41 Å². The highest BCUT2D eigenvalue weighted by Crippen LogP contribution is 2.51. The Morgan fingerprint density at radius 1 is 1.20 bits per heavy atom. The molecule has 0 saturated heterocycles. The van der Waals surface area contributed by atoms with Crippen LogP contribution in [0.5, 0.6) is 5.75 Å². The second-order valence-electron chi connectivity index (χ2n) is 7.42. The van der Waals surface area contributed by atoms with Gasteiger partial charge >= 0.3 is 6.61 Å². The molecule has 1 N–H and O–H groups in total. The second-order valence-corrected chi connectivity index (χ2v) is 7.42. The van der Waals surface area contributed by atoms with E-state index >= 15 is 0 Å². The van der Waals surface area contributed by atoms with Gasteiger partial charge in [-0.3, -0.25) is 0 Å². The minimum Gasteiger partial charge on any atom is -0.435 e. The molecule has 25 heavy (non-hydrogen) atoms. The number of hydrogen-bond donors (Lipinski definition) is 1. The molecule has 1 aliphatic rings. The molecule has 0 radical (unpaired) electrons. The summed E-state index contributed by atoms with van der Waals surface area (Å²) in [5.74, 6) is 0.545. The van der Waals surface area contributed by atoms with Gasteiger partial charge in [0.2, 0.25) is 0 Å². The molecule has 1 atom stereocenters. The van der Waals surface area contributed by atoms with Crippen molar-refractivity contribution in [2.24, 2.45) is 5.41 Å². The van der Waals surface area contributed by atoms with Crippen LogP contribution in [-0.2, 0) is 6.61 Å². The monoisotopic (exact) mass is 346 g/mol. The zero-order chi connectivity index (χ0) is 18.0. The van der Waals surface area contributed by atoms with E-state index in [1.54, 1.807) is 12.1 Å². The maximum absolute atomic E-state index is 12.5. The number of benzene rings is 2. The Morgan fingerprint density at radius 2 is 2.00 bits per heavy atom. The van der Waals surface area contributed by atoms with Crippen LogP contribution in [0.4, 0.5) is 8.78 Å². The van der Waals surface area contributed by atoms with Crippen molar-refractivity contribution < 1.29 is 18.6 Å². The van der Waals surface area contributed by atoms with Crippen LogP contribution in [0.3, 0.4) is 0 Å². The van der Waals surface area contributed by atoms with Crippen LogP contribution in [0.2, 0.25) is 0 Å². The van der Waals surface area contributed by atoms with Crippen molar-refractivity contribution in [2.45, 2.75) is 52.2 Å². The number of alkyl halides is 2. The Labute approximate surface area is 147 Å². The first kappa shape index (κ1) is 17.9. The Hall–Kier alpha value is -1.94. The Kier molecular flexibility index (Phi) is 5.09. The molecule has 0 amide bonds. The van der Waals surface area contributed by atoms with Crippen LogP contribution in [0.1, 0.15) is 50.2 Å². The number of hydrogen-bond acceptors (Lipinski definition) is 2. The number of rotatable bonds is 5. The fourth-order valence-electron chi connectivity index (χ4n) is 4.00. The molecular weight excluding hydrogens is 322 g/mol. The first-order valence-corrected chi connectivity index (χ1v) is 8.69. The van der Waals surface area contributed by atoms with Crippen molar-refractivity contribution in [3.63, 3.8) is 0 Å².